The van der Waals surface area contributed by atoms with Gasteiger partial charge in [-0.15, -0.1) is 0 Å². The Labute approximate surface area is 151 Å². The van der Waals surface area contributed by atoms with Gasteiger partial charge in [-0.1, -0.05) is 62.4 Å². The highest BCUT2D eigenvalue weighted by atomic mass is 79.9. The van der Waals surface area contributed by atoms with E-state index in [9.17, 15) is 0 Å². The second-order valence-electron chi connectivity index (χ2n) is 7.78. The number of rotatable bonds is 6. The number of nitrogens with zero attached hydrogens (tertiary/aromatic N) is 1. The van der Waals surface area contributed by atoms with E-state index in [1.54, 1.807) is 0 Å². The number of piperidine rings is 1. The summed E-state index contributed by atoms with van der Waals surface area (Å²) in [7, 11) is 0. The molecule has 0 aliphatic carbocycles. The molecule has 2 nitrogen and oxygen atoms in total. The molecular weight excluding hydrogens is 348 g/mol. The van der Waals surface area contributed by atoms with Crippen LogP contribution in [0.4, 0.5) is 0 Å². The zero-order chi connectivity index (χ0) is 17.8. The van der Waals surface area contributed by atoms with Crippen LogP contribution in [0.2, 0.25) is 0 Å². The molecule has 0 aromatic rings. The van der Waals surface area contributed by atoms with Crippen molar-refractivity contribution in [3.63, 3.8) is 0 Å². The number of likely N-dealkylation sites (tertiary alicyclic amines) is 1. The molecule has 23 heavy (non-hydrogen) atoms. The van der Waals surface area contributed by atoms with Crippen LogP contribution in [-0.2, 0) is 0 Å². The van der Waals surface area contributed by atoms with Gasteiger partial charge >= 0.3 is 0 Å². The lowest BCUT2D eigenvalue weighted by Crippen LogP contribution is -2.54. The molecule has 2 atom stereocenters. The first-order valence-corrected chi connectivity index (χ1v) is 9.41. The van der Waals surface area contributed by atoms with Gasteiger partial charge < -0.3 is 5.41 Å². The van der Waals surface area contributed by atoms with Crippen LogP contribution in [0.3, 0.4) is 0 Å². The first-order valence-electron chi connectivity index (χ1n) is 8.61. The molecule has 130 valence electrons. The fraction of sp³-hybridized carbons (Fsp3) is 0.650. The van der Waals surface area contributed by atoms with Crippen LogP contribution in [0.25, 0.3) is 0 Å². The topological polar surface area (TPSA) is 27.1 Å². The third-order valence-electron chi connectivity index (χ3n) is 4.92. The van der Waals surface area contributed by atoms with Gasteiger partial charge in [0.1, 0.15) is 0 Å². The standard InChI is InChI=1S/C20H33BrN2/c1-8-17(10-9-15(4)21)19(22)18-16(5)23(13-14(2)3)12-11-20(18,6)7/h8-10,14,16,18,22H,4,11-13H2,1-3,5-7H3. The van der Waals surface area contributed by atoms with Crippen LogP contribution in [0.5, 0.6) is 0 Å². The van der Waals surface area contributed by atoms with E-state index in [1.165, 1.54) is 0 Å². The predicted octanol–water partition coefficient (Wildman–Crippen LogP) is 5.81. The molecule has 0 amide bonds. The van der Waals surface area contributed by atoms with Gasteiger partial charge in [-0.3, -0.25) is 4.90 Å². The van der Waals surface area contributed by atoms with E-state index >= 15 is 0 Å². The second-order valence-corrected chi connectivity index (χ2v) is 8.80. The smallest absolute Gasteiger partial charge is 0.0434 e. The van der Waals surface area contributed by atoms with Gasteiger partial charge in [0.2, 0.25) is 0 Å². The zero-order valence-electron chi connectivity index (χ0n) is 15.6. The Kier molecular flexibility index (Phi) is 7.47. The molecule has 2 unspecified atom stereocenters. The molecule has 1 fully saturated rings. The molecule has 1 heterocycles. The van der Waals surface area contributed by atoms with E-state index in [2.05, 4.69) is 62.0 Å². The van der Waals surface area contributed by atoms with Crippen LogP contribution in [0.15, 0.2) is 34.9 Å². The lowest BCUT2D eigenvalue weighted by molar-refractivity contribution is 0.0375. The van der Waals surface area contributed by atoms with E-state index in [0.29, 0.717) is 12.0 Å². The average molecular weight is 381 g/mol. The van der Waals surface area contributed by atoms with Crippen molar-refractivity contribution in [3.05, 3.63) is 34.9 Å². The summed E-state index contributed by atoms with van der Waals surface area (Å²) in [5.74, 6) is 0.903. The summed E-state index contributed by atoms with van der Waals surface area (Å²) in [6, 6.07) is 0.393. The quantitative estimate of drug-likeness (QED) is 0.456. The van der Waals surface area contributed by atoms with Gasteiger partial charge in [-0.05, 0) is 49.8 Å². The van der Waals surface area contributed by atoms with Crippen LogP contribution in [0, 0.1) is 22.7 Å². The zero-order valence-corrected chi connectivity index (χ0v) is 17.2. The molecule has 0 aromatic carbocycles. The Hall–Kier alpha value is -0.670. The van der Waals surface area contributed by atoms with Crippen molar-refractivity contribution in [2.24, 2.45) is 17.3 Å². The molecule has 0 radical (unpaired) electrons. The fourth-order valence-electron chi connectivity index (χ4n) is 3.71. The van der Waals surface area contributed by atoms with Gasteiger partial charge in [-0.25, -0.2) is 0 Å². The van der Waals surface area contributed by atoms with Crippen molar-refractivity contribution in [1.82, 2.24) is 4.90 Å². The SMILES string of the molecule is C=C(Br)C=CC(=CC)C(=N)C1C(C)N(CC(C)C)CCC1(C)C. The van der Waals surface area contributed by atoms with E-state index < -0.39 is 0 Å². The largest absolute Gasteiger partial charge is 0.304 e. The minimum absolute atomic E-state index is 0.150. The molecule has 0 spiro atoms. The minimum atomic E-state index is 0.150. The highest BCUT2D eigenvalue weighted by Gasteiger charge is 2.43. The molecule has 1 N–H and O–H groups in total. The Balaban J connectivity index is 3.07. The Morgan fingerprint density at radius 2 is 2.00 bits per heavy atom. The first kappa shape index (κ1) is 20.4. The lowest BCUT2D eigenvalue weighted by atomic mass is 9.66. The maximum Gasteiger partial charge on any atom is 0.0434 e. The van der Waals surface area contributed by atoms with Gasteiger partial charge in [0, 0.05) is 28.7 Å². The molecule has 1 aliphatic rings. The lowest BCUT2D eigenvalue weighted by Gasteiger charge is -2.49. The maximum atomic E-state index is 8.85. The highest BCUT2D eigenvalue weighted by molar-refractivity contribution is 9.11. The monoisotopic (exact) mass is 380 g/mol. The number of nitrogens with one attached hydrogen (secondary N) is 1. The number of hydrogen-bond donors (Lipinski definition) is 1. The van der Waals surface area contributed by atoms with Gasteiger partial charge in [0.25, 0.3) is 0 Å². The van der Waals surface area contributed by atoms with Crippen molar-refractivity contribution in [2.45, 2.75) is 54.0 Å². The molecule has 0 aromatic heterocycles. The van der Waals surface area contributed by atoms with Gasteiger partial charge in [-0.2, -0.15) is 0 Å². The van der Waals surface area contributed by atoms with Crippen molar-refractivity contribution < 1.29 is 0 Å². The Bertz CT molecular complexity index is 500. The van der Waals surface area contributed by atoms with E-state index in [0.717, 1.165) is 35.3 Å². The molecule has 1 aliphatic heterocycles. The van der Waals surface area contributed by atoms with E-state index in [4.69, 9.17) is 5.41 Å². The number of hydrogen-bond acceptors (Lipinski definition) is 2. The number of allylic oxidation sites excluding steroid dienone is 5. The number of halogens is 1. The summed E-state index contributed by atoms with van der Waals surface area (Å²) in [4.78, 5) is 2.57. The first-order chi connectivity index (χ1) is 10.6. The third kappa shape index (κ3) is 5.42. The summed E-state index contributed by atoms with van der Waals surface area (Å²) in [5.41, 5.74) is 1.91. The summed E-state index contributed by atoms with van der Waals surface area (Å²) in [6.45, 7) is 19.6. The van der Waals surface area contributed by atoms with Crippen molar-refractivity contribution >= 4 is 21.6 Å². The van der Waals surface area contributed by atoms with Crippen molar-refractivity contribution in [3.8, 4) is 0 Å². The fourth-order valence-corrected chi connectivity index (χ4v) is 3.85. The van der Waals surface area contributed by atoms with Crippen molar-refractivity contribution in [1.29, 1.82) is 5.41 Å². The second kappa shape index (κ2) is 8.43. The van der Waals surface area contributed by atoms with E-state index in [1.807, 2.05) is 25.2 Å². The van der Waals surface area contributed by atoms with Gasteiger partial charge in [0.05, 0.1) is 0 Å². The predicted molar refractivity (Wildman–Crippen MR) is 106 cm³/mol. The molecule has 0 bridgehead atoms. The summed E-state index contributed by atoms with van der Waals surface area (Å²) >= 11 is 3.36. The maximum absolute atomic E-state index is 8.85. The molecule has 0 saturated carbocycles. The highest BCUT2D eigenvalue weighted by Crippen LogP contribution is 2.41. The van der Waals surface area contributed by atoms with Crippen LogP contribution in [-0.4, -0.2) is 29.7 Å². The van der Waals surface area contributed by atoms with Crippen LogP contribution < -0.4 is 0 Å². The molecule has 1 rings (SSSR count). The summed E-state index contributed by atoms with van der Waals surface area (Å²) in [6.07, 6.45) is 7.11. The molecule has 3 heteroatoms. The van der Waals surface area contributed by atoms with E-state index in [-0.39, 0.29) is 11.3 Å². The van der Waals surface area contributed by atoms with Gasteiger partial charge in [0.15, 0.2) is 0 Å². The molecular formula is C20H33BrN2. The van der Waals surface area contributed by atoms with Crippen LogP contribution >= 0.6 is 15.9 Å². The van der Waals surface area contributed by atoms with Crippen LogP contribution in [0.1, 0.15) is 48.0 Å². The third-order valence-corrected chi connectivity index (χ3v) is 5.18. The Morgan fingerprint density at radius 3 is 2.48 bits per heavy atom. The molecule has 1 saturated heterocycles. The normalized spacial score (nSPS) is 26.0. The summed E-state index contributed by atoms with van der Waals surface area (Å²) < 4.78 is 0.835. The minimum Gasteiger partial charge on any atom is -0.304 e. The van der Waals surface area contributed by atoms with Crippen molar-refractivity contribution in [2.75, 3.05) is 13.1 Å². The summed E-state index contributed by atoms with van der Waals surface area (Å²) in [5, 5.41) is 8.85. The average Bonchev–Trinajstić information content (AvgIpc) is 2.42. The Morgan fingerprint density at radius 1 is 1.39 bits per heavy atom.